The zero-order valence-corrected chi connectivity index (χ0v) is 12.8. The Bertz CT molecular complexity index is 518. The van der Waals surface area contributed by atoms with Gasteiger partial charge in [0.2, 0.25) is 0 Å². The van der Waals surface area contributed by atoms with Crippen molar-refractivity contribution in [2.45, 2.75) is 20.4 Å². The number of halogens is 1. The molecule has 0 fully saturated rings. The highest BCUT2D eigenvalue weighted by atomic mass is 35.5. The van der Waals surface area contributed by atoms with Crippen LogP contribution in [0.2, 0.25) is 4.34 Å². The summed E-state index contributed by atoms with van der Waals surface area (Å²) >= 11 is 7.49. The number of nitrogens with one attached hydrogen (secondary N) is 1. The fraction of sp³-hybridized carbons (Fsp3) is 0.333. The van der Waals surface area contributed by atoms with Crippen molar-refractivity contribution < 1.29 is 4.74 Å². The molecule has 0 atom stereocenters. The van der Waals surface area contributed by atoms with Crippen LogP contribution in [0.15, 0.2) is 30.3 Å². The molecular weight excluding hydrogens is 278 g/mol. The van der Waals surface area contributed by atoms with Crippen molar-refractivity contribution in [1.82, 2.24) is 5.32 Å². The van der Waals surface area contributed by atoms with Gasteiger partial charge in [-0.25, -0.2) is 0 Å². The number of ether oxygens (including phenoxy) is 1. The Morgan fingerprint density at radius 3 is 2.53 bits per heavy atom. The SMILES string of the molecule is Cc1cccc(C)c1OCCNCc1ccc(Cl)s1. The highest BCUT2D eigenvalue weighted by Gasteiger charge is 2.02. The van der Waals surface area contributed by atoms with Crippen molar-refractivity contribution in [3.05, 3.63) is 50.7 Å². The summed E-state index contributed by atoms with van der Waals surface area (Å²) in [6.07, 6.45) is 0. The van der Waals surface area contributed by atoms with Gasteiger partial charge in [-0.15, -0.1) is 11.3 Å². The largest absolute Gasteiger partial charge is 0.492 e. The van der Waals surface area contributed by atoms with Gasteiger partial charge in [0.1, 0.15) is 12.4 Å². The molecule has 102 valence electrons. The molecule has 1 heterocycles. The molecule has 4 heteroatoms. The lowest BCUT2D eigenvalue weighted by Gasteiger charge is -2.12. The number of rotatable bonds is 6. The van der Waals surface area contributed by atoms with Crippen molar-refractivity contribution in [3.63, 3.8) is 0 Å². The predicted octanol–water partition coefficient (Wildman–Crippen LogP) is 4.19. The molecule has 1 aromatic carbocycles. The van der Waals surface area contributed by atoms with Crippen LogP contribution in [0.3, 0.4) is 0 Å². The Morgan fingerprint density at radius 2 is 1.89 bits per heavy atom. The minimum atomic E-state index is 0.671. The monoisotopic (exact) mass is 295 g/mol. The van der Waals surface area contributed by atoms with Crippen LogP contribution in [0.4, 0.5) is 0 Å². The van der Waals surface area contributed by atoms with Crippen LogP contribution in [0.1, 0.15) is 16.0 Å². The maximum Gasteiger partial charge on any atom is 0.125 e. The highest BCUT2D eigenvalue weighted by Crippen LogP contribution is 2.22. The molecule has 0 aliphatic carbocycles. The maximum atomic E-state index is 5.88. The standard InChI is InChI=1S/C15H18ClNOS/c1-11-4-3-5-12(2)15(11)18-9-8-17-10-13-6-7-14(16)19-13/h3-7,17H,8-10H2,1-2H3. The van der Waals surface area contributed by atoms with E-state index >= 15 is 0 Å². The summed E-state index contributed by atoms with van der Waals surface area (Å²) in [5.74, 6) is 1.00. The first-order valence-electron chi connectivity index (χ1n) is 6.31. The molecule has 1 aromatic heterocycles. The third-order valence-corrected chi connectivity index (χ3v) is 4.09. The summed E-state index contributed by atoms with van der Waals surface area (Å²) in [6, 6.07) is 10.2. The van der Waals surface area contributed by atoms with Crippen molar-refractivity contribution in [1.29, 1.82) is 0 Å². The third-order valence-electron chi connectivity index (χ3n) is 2.86. The Kier molecular flexibility index (Phi) is 5.25. The predicted molar refractivity (Wildman–Crippen MR) is 82.4 cm³/mol. The summed E-state index contributed by atoms with van der Waals surface area (Å²) < 4.78 is 6.66. The molecule has 0 spiro atoms. The lowest BCUT2D eigenvalue weighted by Crippen LogP contribution is -2.20. The van der Waals surface area contributed by atoms with E-state index in [0.29, 0.717) is 6.61 Å². The van der Waals surface area contributed by atoms with E-state index in [-0.39, 0.29) is 0 Å². The maximum absolute atomic E-state index is 5.88. The first-order valence-corrected chi connectivity index (χ1v) is 7.50. The minimum absolute atomic E-state index is 0.671. The number of para-hydroxylation sites is 1. The Labute approximate surface area is 123 Å². The fourth-order valence-electron chi connectivity index (χ4n) is 1.91. The minimum Gasteiger partial charge on any atom is -0.492 e. The van der Waals surface area contributed by atoms with Gasteiger partial charge in [0, 0.05) is 18.0 Å². The molecular formula is C15H18ClNOS. The summed E-state index contributed by atoms with van der Waals surface area (Å²) in [5.41, 5.74) is 2.37. The zero-order chi connectivity index (χ0) is 13.7. The van der Waals surface area contributed by atoms with Crippen LogP contribution in [-0.4, -0.2) is 13.2 Å². The molecule has 2 rings (SSSR count). The number of aryl methyl sites for hydroxylation is 2. The summed E-state index contributed by atoms with van der Waals surface area (Å²) in [5, 5.41) is 3.35. The number of hydrogen-bond acceptors (Lipinski definition) is 3. The molecule has 1 N–H and O–H groups in total. The highest BCUT2D eigenvalue weighted by molar-refractivity contribution is 7.16. The summed E-state index contributed by atoms with van der Waals surface area (Å²) in [6.45, 7) is 6.48. The van der Waals surface area contributed by atoms with E-state index in [1.54, 1.807) is 11.3 Å². The lowest BCUT2D eigenvalue weighted by molar-refractivity contribution is 0.310. The normalized spacial score (nSPS) is 10.7. The van der Waals surface area contributed by atoms with E-state index in [4.69, 9.17) is 16.3 Å². The molecule has 0 bridgehead atoms. The molecule has 0 unspecified atom stereocenters. The van der Waals surface area contributed by atoms with E-state index in [0.717, 1.165) is 23.2 Å². The fourth-order valence-corrected chi connectivity index (χ4v) is 2.97. The average molecular weight is 296 g/mol. The molecule has 0 saturated heterocycles. The molecule has 19 heavy (non-hydrogen) atoms. The molecule has 0 amide bonds. The first-order chi connectivity index (χ1) is 9.16. The van der Waals surface area contributed by atoms with Crippen LogP contribution < -0.4 is 10.1 Å². The second-order valence-corrected chi connectivity index (χ2v) is 6.25. The van der Waals surface area contributed by atoms with Gasteiger partial charge in [0.05, 0.1) is 4.34 Å². The van der Waals surface area contributed by atoms with E-state index in [1.807, 2.05) is 12.1 Å². The van der Waals surface area contributed by atoms with Crippen LogP contribution in [0.25, 0.3) is 0 Å². The van der Waals surface area contributed by atoms with E-state index < -0.39 is 0 Å². The number of hydrogen-bond donors (Lipinski definition) is 1. The smallest absolute Gasteiger partial charge is 0.125 e. The van der Waals surface area contributed by atoms with Gasteiger partial charge in [-0.05, 0) is 37.1 Å². The Balaban J connectivity index is 1.72. The lowest BCUT2D eigenvalue weighted by atomic mass is 10.1. The first kappa shape index (κ1) is 14.4. The zero-order valence-electron chi connectivity index (χ0n) is 11.2. The molecule has 2 nitrogen and oxygen atoms in total. The molecule has 0 aliphatic heterocycles. The second-order valence-electron chi connectivity index (χ2n) is 4.45. The van der Waals surface area contributed by atoms with Crippen LogP contribution in [0, 0.1) is 13.8 Å². The van der Waals surface area contributed by atoms with Crippen molar-refractivity contribution in [3.8, 4) is 5.75 Å². The molecule has 0 aliphatic rings. The molecule has 0 saturated carbocycles. The summed E-state index contributed by atoms with van der Waals surface area (Å²) in [7, 11) is 0. The Hall–Kier alpha value is -1.03. The van der Waals surface area contributed by atoms with Gasteiger partial charge in [0.15, 0.2) is 0 Å². The Morgan fingerprint density at radius 1 is 1.16 bits per heavy atom. The topological polar surface area (TPSA) is 21.3 Å². The average Bonchev–Trinajstić information content (AvgIpc) is 2.78. The van der Waals surface area contributed by atoms with Gasteiger partial charge < -0.3 is 10.1 Å². The van der Waals surface area contributed by atoms with E-state index in [9.17, 15) is 0 Å². The van der Waals surface area contributed by atoms with Gasteiger partial charge in [-0.2, -0.15) is 0 Å². The van der Waals surface area contributed by atoms with Crippen LogP contribution in [0.5, 0.6) is 5.75 Å². The summed E-state index contributed by atoms with van der Waals surface area (Å²) in [4.78, 5) is 1.25. The van der Waals surface area contributed by atoms with E-state index in [2.05, 4.69) is 37.4 Å². The number of thiophene rings is 1. The number of benzene rings is 1. The van der Waals surface area contributed by atoms with E-state index in [1.165, 1.54) is 16.0 Å². The third kappa shape index (κ3) is 4.23. The van der Waals surface area contributed by atoms with Gasteiger partial charge in [0.25, 0.3) is 0 Å². The van der Waals surface area contributed by atoms with Crippen molar-refractivity contribution >= 4 is 22.9 Å². The quantitative estimate of drug-likeness (QED) is 0.807. The van der Waals surface area contributed by atoms with Crippen molar-refractivity contribution in [2.75, 3.05) is 13.2 Å². The molecule has 2 aromatic rings. The van der Waals surface area contributed by atoms with Crippen LogP contribution >= 0.6 is 22.9 Å². The van der Waals surface area contributed by atoms with Gasteiger partial charge >= 0.3 is 0 Å². The van der Waals surface area contributed by atoms with Crippen LogP contribution in [-0.2, 0) is 6.54 Å². The second kappa shape index (κ2) is 6.94. The van der Waals surface area contributed by atoms with Gasteiger partial charge in [-0.1, -0.05) is 29.8 Å². The molecule has 0 radical (unpaired) electrons. The van der Waals surface area contributed by atoms with Crippen molar-refractivity contribution in [2.24, 2.45) is 0 Å². The van der Waals surface area contributed by atoms with Gasteiger partial charge in [-0.3, -0.25) is 0 Å².